The lowest BCUT2D eigenvalue weighted by Crippen LogP contribution is -2.32. The third-order valence-electron chi connectivity index (χ3n) is 5.81. The Morgan fingerprint density at radius 2 is 1.76 bits per heavy atom. The Hall–Kier alpha value is -3.47. The molecular weight excluding hydrogens is 362 g/mol. The number of benzene rings is 2. The van der Waals surface area contributed by atoms with Crippen molar-refractivity contribution < 1.29 is 0 Å². The summed E-state index contributed by atoms with van der Waals surface area (Å²) in [7, 11) is 0. The van der Waals surface area contributed by atoms with E-state index in [0.29, 0.717) is 17.6 Å². The summed E-state index contributed by atoms with van der Waals surface area (Å²) in [6.07, 6.45) is 4.91. The summed E-state index contributed by atoms with van der Waals surface area (Å²) >= 11 is 0. The van der Waals surface area contributed by atoms with E-state index in [4.69, 9.17) is 4.98 Å². The molecule has 2 aromatic heterocycles. The first-order valence-electron chi connectivity index (χ1n) is 9.95. The van der Waals surface area contributed by atoms with Gasteiger partial charge in [0, 0.05) is 17.8 Å². The number of pyridine rings is 1. The van der Waals surface area contributed by atoms with E-state index >= 15 is 0 Å². The van der Waals surface area contributed by atoms with E-state index in [2.05, 4.69) is 6.58 Å². The minimum atomic E-state index is -0.295. The van der Waals surface area contributed by atoms with Crippen LogP contribution in [0.1, 0.15) is 31.0 Å². The number of hydrogen-bond acceptors (Lipinski definition) is 3. The SMILES string of the molecule is C=CCn1c2ccccc2c(=O)c2c(=O)n(-c3ccccc3)c(C3CCC3)nc21. The molecule has 5 rings (SSSR count). The van der Waals surface area contributed by atoms with Crippen molar-refractivity contribution in [3.63, 3.8) is 0 Å². The molecule has 1 aliphatic carbocycles. The summed E-state index contributed by atoms with van der Waals surface area (Å²) in [6.45, 7) is 4.33. The second-order valence-corrected chi connectivity index (χ2v) is 7.52. The van der Waals surface area contributed by atoms with Crippen molar-refractivity contribution in [3.8, 4) is 5.69 Å². The summed E-state index contributed by atoms with van der Waals surface area (Å²) in [6, 6.07) is 16.9. The zero-order chi connectivity index (χ0) is 20.0. The number of nitrogens with zero attached hydrogens (tertiary/aromatic N) is 3. The lowest BCUT2D eigenvalue weighted by molar-refractivity contribution is 0.394. The summed E-state index contributed by atoms with van der Waals surface area (Å²) < 4.78 is 3.57. The number of fused-ring (bicyclic) bond motifs is 2. The van der Waals surface area contributed by atoms with Crippen LogP contribution in [-0.2, 0) is 6.54 Å². The van der Waals surface area contributed by atoms with Gasteiger partial charge in [-0.15, -0.1) is 6.58 Å². The van der Waals surface area contributed by atoms with Crippen molar-refractivity contribution in [3.05, 3.63) is 93.7 Å². The highest BCUT2D eigenvalue weighted by molar-refractivity contribution is 5.91. The Morgan fingerprint density at radius 3 is 2.45 bits per heavy atom. The lowest BCUT2D eigenvalue weighted by atomic mass is 9.84. The second-order valence-electron chi connectivity index (χ2n) is 7.52. The molecule has 0 bridgehead atoms. The Bertz CT molecular complexity index is 1360. The summed E-state index contributed by atoms with van der Waals surface area (Å²) in [5.74, 6) is 0.971. The van der Waals surface area contributed by atoms with Gasteiger partial charge in [-0.2, -0.15) is 0 Å². The predicted octanol–water partition coefficient (Wildman–Crippen LogP) is 4.15. The average Bonchev–Trinajstić information content (AvgIpc) is 2.70. The van der Waals surface area contributed by atoms with Gasteiger partial charge in [-0.3, -0.25) is 14.2 Å². The largest absolute Gasteiger partial charge is 0.321 e. The average molecular weight is 383 g/mol. The Morgan fingerprint density at radius 1 is 1.03 bits per heavy atom. The van der Waals surface area contributed by atoms with Crippen molar-refractivity contribution in [2.75, 3.05) is 0 Å². The van der Waals surface area contributed by atoms with E-state index in [-0.39, 0.29) is 22.3 Å². The fraction of sp³-hybridized carbons (Fsp3) is 0.208. The van der Waals surface area contributed by atoms with Gasteiger partial charge in [0.15, 0.2) is 5.65 Å². The molecule has 0 radical (unpaired) electrons. The van der Waals surface area contributed by atoms with Crippen LogP contribution in [0.25, 0.3) is 27.6 Å². The van der Waals surface area contributed by atoms with Crippen LogP contribution in [0.3, 0.4) is 0 Å². The molecule has 0 spiro atoms. The highest BCUT2D eigenvalue weighted by Crippen LogP contribution is 2.36. The molecule has 0 saturated heterocycles. The van der Waals surface area contributed by atoms with E-state index in [9.17, 15) is 9.59 Å². The maximum atomic E-state index is 13.7. The molecule has 29 heavy (non-hydrogen) atoms. The zero-order valence-electron chi connectivity index (χ0n) is 16.0. The molecule has 0 atom stereocenters. The molecule has 2 aromatic carbocycles. The maximum Gasteiger partial charge on any atom is 0.271 e. The molecule has 5 heteroatoms. The van der Waals surface area contributed by atoms with Gasteiger partial charge in [0.25, 0.3) is 5.56 Å². The monoisotopic (exact) mass is 383 g/mol. The quantitative estimate of drug-likeness (QED) is 0.393. The third-order valence-corrected chi connectivity index (χ3v) is 5.81. The van der Waals surface area contributed by atoms with Gasteiger partial charge in [0.2, 0.25) is 5.43 Å². The van der Waals surface area contributed by atoms with Crippen molar-refractivity contribution in [2.24, 2.45) is 0 Å². The Labute approximate surface area is 167 Å². The second kappa shape index (κ2) is 6.85. The van der Waals surface area contributed by atoms with Gasteiger partial charge in [-0.1, -0.05) is 42.8 Å². The maximum absolute atomic E-state index is 13.7. The molecule has 4 aromatic rings. The molecule has 1 saturated carbocycles. The third kappa shape index (κ3) is 2.65. The van der Waals surface area contributed by atoms with Crippen LogP contribution in [0, 0.1) is 0 Å². The summed E-state index contributed by atoms with van der Waals surface area (Å²) in [5, 5.41) is 0.661. The summed E-state index contributed by atoms with van der Waals surface area (Å²) in [5.41, 5.74) is 1.41. The smallest absolute Gasteiger partial charge is 0.271 e. The number of allylic oxidation sites excluding steroid dienone is 1. The first-order valence-corrected chi connectivity index (χ1v) is 9.95. The van der Waals surface area contributed by atoms with E-state index in [1.54, 1.807) is 16.7 Å². The summed E-state index contributed by atoms with van der Waals surface area (Å²) in [4.78, 5) is 32.0. The number of hydrogen-bond donors (Lipinski definition) is 0. The molecule has 1 fully saturated rings. The van der Waals surface area contributed by atoms with Crippen LogP contribution in [0.4, 0.5) is 0 Å². The van der Waals surface area contributed by atoms with Gasteiger partial charge in [0.1, 0.15) is 11.2 Å². The fourth-order valence-corrected chi connectivity index (χ4v) is 4.15. The molecule has 0 aliphatic heterocycles. The highest BCUT2D eigenvalue weighted by Gasteiger charge is 2.28. The molecule has 0 N–H and O–H groups in total. The fourth-order valence-electron chi connectivity index (χ4n) is 4.15. The predicted molar refractivity (Wildman–Crippen MR) is 116 cm³/mol. The van der Waals surface area contributed by atoms with Crippen LogP contribution in [-0.4, -0.2) is 14.1 Å². The van der Waals surface area contributed by atoms with Gasteiger partial charge in [-0.25, -0.2) is 4.98 Å². The normalized spacial score (nSPS) is 14.2. The molecule has 2 heterocycles. The first kappa shape index (κ1) is 17.6. The molecule has 144 valence electrons. The topological polar surface area (TPSA) is 56.9 Å². The molecular formula is C24H21N3O2. The van der Waals surface area contributed by atoms with Crippen LogP contribution >= 0.6 is 0 Å². The first-order chi connectivity index (χ1) is 14.2. The number of aromatic nitrogens is 3. The Kier molecular flexibility index (Phi) is 4.16. The van der Waals surface area contributed by atoms with Crippen LogP contribution in [0.5, 0.6) is 0 Å². The Balaban J connectivity index is 1.99. The minimum absolute atomic E-state index is 0.137. The van der Waals surface area contributed by atoms with Gasteiger partial charge in [-0.05, 0) is 37.1 Å². The minimum Gasteiger partial charge on any atom is -0.321 e. The van der Waals surface area contributed by atoms with E-state index in [0.717, 1.165) is 36.3 Å². The van der Waals surface area contributed by atoms with Crippen molar-refractivity contribution in [1.82, 2.24) is 14.1 Å². The van der Waals surface area contributed by atoms with Crippen LogP contribution < -0.4 is 11.0 Å². The highest BCUT2D eigenvalue weighted by atomic mass is 16.1. The molecule has 0 unspecified atom stereocenters. The van der Waals surface area contributed by atoms with Crippen molar-refractivity contribution >= 4 is 21.9 Å². The van der Waals surface area contributed by atoms with Crippen LogP contribution in [0.15, 0.2) is 76.8 Å². The van der Waals surface area contributed by atoms with Gasteiger partial charge < -0.3 is 4.57 Å². The van der Waals surface area contributed by atoms with E-state index < -0.39 is 0 Å². The standard InChI is InChI=1S/C24H21N3O2/c1-2-15-26-19-14-7-6-13-18(19)21(28)20-23(26)25-22(16-9-8-10-16)27(24(20)29)17-11-4-3-5-12-17/h2-7,11-14,16H,1,8-10,15H2. The zero-order valence-corrected chi connectivity index (χ0v) is 16.0. The molecule has 0 amide bonds. The van der Waals surface area contributed by atoms with Gasteiger partial charge >= 0.3 is 0 Å². The lowest BCUT2D eigenvalue weighted by Gasteiger charge is -2.28. The van der Waals surface area contributed by atoms with E-state index in [1.807, 2.05) is 53.1 Å². The number of rotatable bonds is 4. The van der Waals surface area contributed by atoms with Gasteiger partial charge in [0.05, 0.1) is 11.2 Å². The molecule has 1 aliphatic rings. The van der Waals surface area contributed by atoms with Crippen LogP contribution in [0.2, 0.25) is 0 Å². The molecule has 5 nitrogen and oxygen atoms in total. The van der Waals surface area contributed by atoms with Crippen molar-refractivity contribution in [2.45, 2.75) is 31.7 Å². The number of para-hydroxylation sites is 2. The van der Waals surface area contributed by atoms with E-state index in [1.165, 1.54) is 0 Å². The van der Waals surface area contributed by atoms with Crippen molar-refractivity contribution in [1.29, 1.82) is 0 Å².